The molecule has 0 aliphatic heterocycles. The molecule has 0 bridgehead atoms. The van der Waals surface area contributed by atoms with Crippen molar-refractivity contribution >= 4 is 5.78 Å². The molecule has 0 N–H and O–H groups in total. The SMILES string of the molecule is COc1ccc2c(c1)CCC(C(=O)Cc1ccccc1)C2C#N. The van der Waals surface area contributed by atoms with E-state index in [0.717, 1.165) is 35.3 Å². The second-order valence-corrected chi connectivity index (χ2v) is 5.95. The number of methoxy groups -OCH3 is 1. The van der Waals surface area contributed by atoms with E-state index in [-0.39, 0.29) is 17.6 Å². The van der Waals surface area contributed by atoms with Gasteiger partial charge in [-0.15, -0.1) is 0 Å². The lowest BCUT2D eigenvalue weighted by molar-refractivity contribution is -0.122. The molecule has 0 aromatic heterocycles. The van der Waals surface area contributed by atoms with Crippen molar-refractivity contribution in [3.05, 3.63) is 65.2 Å². The van der Waals surface area contributed by atoms with E-state index in [4.69, 9.17) is 4.74 Å². The van der Waals surface area contributed by atoms with E-state index in [0.29, 0.717) is 6.42 Å². The number of rotatable bonds is 4. The van der Waals surface area contributed by atoms with E-state index in [1.807, 2.05) is 48.5 Å². The Bertz CT molecular complexity index is 746. The van der Waals surface area contributed by atoms with E-state index in [1.54, 1.807) is 7.11 Å². The van der Waals surface area contributed by atoms with Gasteiger partial charge in [0.2, 0.25) is 0 Å². The quantitative estimate of drug-likeness (QED) is 0.866. The molecule has 0 spiro atoms. The van der Waals surface area contributed by atoms with Gasteiger partial charge in [0.1, 0.15) is 11.5 Å². The maximum atomic E-state index is 12.7. The first-order valence-electron chi connectivity index (χ1n) is 7.86. The van der Waals surface area contributed by atoms with Crippen LogP contribution in [0.1, 0.15) is 29.0 Å². The molecule has 2 atom stereocenters. The number of fused-ring (bicyclic) bond motifs is 1. The molecule has 0 radical (unpaired) electrons. The molecule has 2 aromatic rings. The predicted molar refractivity (Wildman–Crippen MR) is 88.3 cm³/mol. The van der Waals surface area contributed by atoms with Crippen LogP contribution in [0.25, 0.3) is 0 Å². The first-order valence-corrected chi connectivity index (χ1v) is 7.86. The lowest BCUT2D eigenvalue weighted by atomic mass is 9.73. The highest BCUT2D eigenvalue weighted by molar-refractivity contribution is 5.85. The van der Waals surface area contributed by atoms with Crippen molar-refractivity contribution in [3.8, 4) is 11.8 Å². The van der Waals surface area contributed by atoms with Crippen LogP contribution in [0.2, 0.25) is 0 Å². The van der Waals surface area contributed by atoms with Crippen LogP contribution in [0.3, 0.4) is 0 Å². The first kappa shape index (κ1) is 15.3. The molecular weight excluding hydrogens is 286 g/mol. The maximum Gasteiger partial charge on any atom is 0.141 e. The van der Waals surface area contributed by atoms with Gasteiger partial charge < -0.3 is 4.74 Å². The number of ketones is 1. The average molecular weight is 305 g/mol. The highest BCUT2D eigenvalue weighted by Crippen LogP contribution is 2.38. The van der Waals surface area contributed by atoms with Gasteiger partial charge in [-0.25, -0.2) is 0 Å². The third-order valence-electron chi connectivity index (χ3n) is 4.59. The zero-order valence-electron chi connectivity index (χ0n) is 13.2. The third-order valence-corrected chi connectivity index (χ3v) is 4.59. The second kappa shape index (κ2) is 6.66. The Kier molecular flexibility index (Phi) is 4.43. The summed E-state index contributed by atoms with van der Waals surface area (Å²) in [6.45, 7) is 0. The van der Waals surface area contributed by atoms with Crippen molar-refractivity contribution in [2.24, 2.45) is 5.92 Å². The molecule has 2 unspecified atom stereocenters. The Morgan fingerprint density at radius 3 is 2.74 bits per heavy atom. The molecule has 0 amide bonds. The van der Waals surface area contributed by atoms with Gasteiger partial charge in [0.25, 0.3) is 0 Å². The standard InChI is InChI=1S/C20H19NO2/c1-23-16-8-10-17-15(12-16)7-9-18(19(17)13-21)20(22)11-14-5-3-2-4-6-14/h2-6,8,10,12,18-19H,7,9,11H2,1H3. The summed E-state index contributed by atoms with van der Waals surface area (Å²) in [6, 6.07) is 17.9. The van der Waals surface area contributed by atoms with Crippen LogP contribution in [0.15, 0.2) is 48.5 Å². The average Bonchev–Trinajstić information content (AvgIpc) is 2.60. The van der Waals surface area contributed by atoms with Gasteiger partial charge in [-0.2, -0.15) is 5.26 Å². The van der Waals surface area contributed by atoms with Crippen molar-refractivity contribution in [1.82, 2.24) is 0 Å². The molecule has 0 heterocycles. The van der Waals surface area contributed by atoms with Crippen LogP contribution in [-0.4, -0.2) is 12.9 Å². The van der Waals surface area contributed by atoms with E-state index in [2.05, 4.69) is 6.07 Å². The van der Waals surface area contributed by atoms with Crippen molar-refractivity contribution < 1.29 is 9.53 Å². The second-order valence-electron chi connectivity index (χ2n) is 5.95. The number of nitriles is 1. The van der Waals surface area contributed by atoms with E-state index in [9.17, 15) is 10.1 Å². The number of ether oxygens (including phenoxy) is 1. The lowest BCUT2D eigenvalue weighted by Crippen LogP contribution is -2.28. The zero-order chi connectivity index (χ0) is 16.2. The maximum absolute atomic E-state index is 12.7. The van der Waals surface area contributed by atoms with Crippen molar-refractivity contribution in [3.63, 3.8) is 0 Å². The molecule has 3 nitrogen and oxygen atoms in total. The molecule has 23 heavy (non-hydrogen) atoms. The minimum atomic E-state index is -0.360. The Balaban J connectivity index is 1.84. The molecule has 0 saturated heterocycles. The minimum Gasteiger partial charge on any atom is -0.497 e. The number of carbonyl (C=O) groups excluding carboxylic acids is 1. The summed E-state index contributed by atoms with van der Waals surface area (Å²) in [7, 11) is 1.64. The number of nitrogens with zero attached hydrogens (tertiary/aromatic N) is 1. The molecule has 2 aromatic carbocycles. The minimum absolute atomic E-state index is 0.157. The summed E-state index contributed by atoms with van der Waals surface area (Å²) in [5.41, 5.74) is 3.11. The molecule has 1 aliphatic rings. The molecule has 1 aliphatic carbocycles. The molecule has 0 fully saturated rings. The topological polar surface area (TPSA) is 50.1 Å². The van der Waals surface area contributed by atoms with Crippen LogP contribution in [0.5, 0.6) is 5.75 Å². The fourth-order valence-corrected chi connectivity index (χ4v) is 3.36. The van der Waals surface area contributed by atoms with Crippen LogP contribution >= 0.6 is 0 Å². The van der Waals surface area contributed by atoms with Crippen LogP contribution in [0, 0.1) is 17.2 Å². The summed E-state index contributed by atoms with van der Waals surface area (Å²) in [5.74, 6) is 0.376. The number of benzene rings is 2. The van der Waals surface area contributed by atoms with E-state index < -0.39 is 0 Å². The fourth-order valence-electron chi connectivity index (χ4n) is 3.36. The number of Topliss-reactive ketones (excluding diaryl/α,β-unsaturated/α-hetero) is 1. The summed E-state index contributed by atoms with van der Waals surface area (Å²) in [5, 5.41) is 9.62. The number of aryl methyl sites for hydroxylation is 1. The van der Waals surface area contributed by atoms with Gasteiger partial charge in [0.15, 0.2) is 0 Å². The highest BCUT2D eigenvalue weighted by atomic mass is 16.5. The van der Waals surface area contributed by atoms with E-state index >= 15 is 0 Å². The van der Waals surface area contributed by atoms with Gasteiger partial charge in [-0.1, -0.05) is 36.4 Å². The molecule has 3 heteroatoms. The highest BCUT2D eigenvalue weighted by Gasteiger charge is 2.34. The molecule has 3 rings (SSSR count). The Morgan fingerprint density at radius 1 is 1.26 bits per heavy atom. The zero-order valence-corrected chi connectivity index (χ0v) is 13.2. The Hall–Kier alpha value is -2.60. The monoisotopic (exact) mass is 305 g/mol. The molecule has 116 valence electrons. The van der Waals surface area contributed by atoms with E-state index in [1.165, 1.54) is 0 Å². The number of hydrogen-bond donors (Lipinski definition) is 0. The van der Waals surface area contributed by atoms with Crippen molar-refractivity contribution in [1.29, 1.82) is 5.26 Å². The van der Waals surface area contributed by atoms with Gasteiger partial charge in [0, 0.05) is 12.3 Å². The smallest absolute Gasteiger partial charge is 0.141 e. The van der Waals surface area contributed by atoms with Gasteiger partial charge >= 0.3 is 0 Å². The number of hydrogen-bond acceptors (Lipinski definition) is 3. The Labute approximate surface area is 136 Å². The summed E-state index contributed by atoms with van der Waals surface area (Å²) >= 11 is 0. The largest absolute Gasteiger partial charge is 0.497 e. The molecular formula is C20H19NO2. The van der Waals surface area contributed by atoms with Crippen molar-refractivity contribution in [2.75, 3.05) is 7.11 Å². The molecule has 0 saturated carbocycles. The van der Waals surface area contributed by atoms with Crippen LogP contribution < -0.4 is 4.74 Å². The first-order chi connectivity index (χ1) is 11.2. The fraction of sp³-hybridized carbons (Fsp3) is 0.300. The van der Waals surface area contributed by atoms with Crippen LogP contribution in [-0.2, 0) is 17.6 Å². The van der Waals surface area contributed by atoms with Gasteiger partial charge in [-0.3, -0.25) is 4.79 Å². The van der Waals surface area contributed by atoms with Crippen LogP contribution in [0.4, 0.5) is 0 Å². The van der Waals surface area contributed by atoms with Gasteiger partial charge in [0.05, 0.1) is 19.1 Å². The lowest BCUT2D eigenvalue weighted by Gasteiger charge is -2.28. The third kappa shape index (κ3) is 3.12. The number of carbonyl (C=O) groups is 1. The summed E-state index contributed by atoms with van der Waals surface area (Å²) in [6.07, 6.45) is 1.94. The van der Waals surface area contributed by atoms with Crippen molar-refractivity contribution in [2.45, 2.75) is 25.2 Å². The van der Waals surface area contributed by atoms with Gasteiger partial charge in [-0.05, 0) is 41.7 Å². The predicted octanol–water partition coefficient (Wildman–Crippen LogP) is 3.68. The summed E-state index contributed by atoms with van der Waals surface area (Å²) in [4.78, 5) is 12.7. The Morgan fingerprint density at radius 2 is 2.04 bits per heavy atom. The normalized spacial score (nSPS) is 19.5. The summed E-state index contributed by atoms with van der Waals surface area (Å²) < 4.78 is 5.25.